The van der Waals surface area contributed by atoms with Crippen LogP contribution < -0.4 is 15.1 Å². The van der Waals surface area contributed by atoms with Crippen molar-refractivity contribution >= 4 is 28.9 Å². The second-order valence-corrected chi connectivity index (χ2v) is 7.45. The zero-order valence-electron chi connectivity index (χ0n) is 17.0. The molecule has 0 unspecified atom stereocenters. The minimum absolute atomic E-state index is 0.0554. The molecule has 0 spiro atoms. The molecular weight excluding hydrogens is 350 g/mol. The van der Waals surface area contributed by atoms with Gasteiger partial charge in [-0.2, -0.15) is 0 Å². The maximum atomic E-state index is 12.4. The highest BCUT2D eigenvalue weighted by atomic mass is 16.2. The Morgan fingerprint density at radius 2 is 1.61 bits per heavy atom. The first kappa shape index (κ1) is 19.9. The molecule has 1 aliphatic rings. The number of benzene rings is 2. The summed E-state index contributed by atoms with van der Waals surface area (Å²) in [5.74, 6) is -0.147. The van der Waals surface area contributed by atoms with Gasteiger partial charge in [0.05, 0.1) is 0 Å². The van der Waals surface area contributed by atoms with E-state index >= 15 is 0 Å². The fourth-order valence-electron chi connectivity index (χ4n) is 3.83. The van der Waals surface area contributed by atoms with Crippen molar-refractivity contribution < 1.29 is 9.59 Å². The number of rotatable bonds is 6. The third kappa shape index (κ3) is 4.71. The van der Waals surface area contributed by atoms with Gasteiger partial charge in [-0.05, 0) is 62.1 Å². The van der Waals surface area contributed by atoms with Crippen LogP contribution in [0, 0.1) is 13.8 Å². The van der Waals surface area contributed by atoms with Crippen LogP contribution >= 0.6 is 0 Å². The van der Waals surface area contributed by atoms with E-state index in [1.165, 1.54) is 18.5 Å². The summed E-state index contributed by atoms with van der Waals surface area (Å²) in [5.41, 5.74) is 4.96. The van der Waals surface area contributed by atoms with Gasteiger partial charge in [0.15, 0.2) is 0 Å². The lowest BCUT2D eigenvalue weighted by Crippen LogP contribution is -2.33. The lowest BCUT2D eigenvalue weighted by atomic mass is 10.1. The fraction of sp³-hybridized carbons (Fsp3) is 0.391. The zero-order valence-corrected chi connectivity index (χ0v) is 17.0. The van der Waals surface area contributed by atoms with Gasteiger partial charge in [0.25, 0.3) is 0 Å². The second-order valence-electron chi connectivity index (χ2n) is 7.45. The average molecular weight is 380 g/mol. The minimum Gasteiger partial charge on any atom is -0.372 e. The number of carbonyl (C=O) groups excluding carboxylic acids is 2. The number of anilines is 3. The smallest absolute Gasteiger partial charge is 0.226 e. The van der Waals surface area contributed by atoms with Gasteiger partial charge >= 0.3 is 0 Å². The van der Waals surface area contributed by atoms with Gasteiger partial charge < -0.3 is 15.1 Å². The highest BCUT2D eigenvalue weighted by Gasteiger charge is 2.17. The summed E-state index contributed by atoms with van der Waals surface area (Å²) in [6, 6.07) is 13.9. The highest BCUT2D eigenvalue weighted by Crippen LogP contribution is 2.25. The predicted molar refractivity (Wildman–Crippen MR) is 115 cm³/mol. The SMILES string of the molecule is CC(=O)N(CCC(=O)Nc1ccc(N2CCCC2)cc1)c1c(C)cccc1C. The van der Waals surface area contributed by atoms with E-state index < -0.39 is 0 Å². The normalized spacial score (nSPS) is 13.5. The first-order valence-electron chi connectivity index (χ1n) is 9.95. The maximum absolute atomic E-state index is 12.4. The van der Waals surface area contributed by atoms with Gasteiger partial charge in [-0.15, -0.1) is 0 Å². The summed E-state index contributed by atoms with van der Waals surface area (Å²) in [4.78, 5) is 28.7. The topological polar surface area (TPSA) is 52.7 Å². The van der Waals surface area contributed by atoms with Crippen molar-refractivity contribution in [3.8, 4) is 0 Å². The molecule has 1 N–H and O–H groups in total. The molecule has 5 heteroatoms. The van der Waals surface area contributed by atoms with Crippen molar-refractivity contribution in [2.75, 3.05) is 34.8 Å². The van der Waals surface area contributed by atoms with Gasteiger partial charge in [-0.1, -0.05) is 18.2 Å². The number of nitrogens with one attached hydrogen (secondary N) is 1. The van der Waals surface area contributed by atoms with E-state index in [0.717, 1.165) is 35.6 Å². The zero-order chi connectivity index (χ0) is 20.1. The summed E-state index contributed by atoms with van der Waals surface area (Å²) in [5, 5.41) is 2.94. The molecular formula is C23H29N3O2. The molecule has 0 radical (unpaired) electrons. The van der Waals surface area contributed by atoms with Gasteiger partial charge in [0.2, 0.25) is 11.8 Å². The maximum Gasteiger partial charge on any atom is 0.226 e. The van der Waals surface area contributed by atoms with E-state index in [0.29, 0.717) is 6.54 Å². The molecule has 148 valence electrons. The summed E-state index contributed by atoms with van der Waals surface area (Å²) < 4.78 is 0. The Bertz CT molecular complexity index is 819. The summed E-state index contributed by atoms with van der Waals surface area (Å²) in [7, 11) is 0. The van der Waals surface area contributed by atoms with Crippen LogP contribution in [0.5, 0.6) is 0 Å². The first-order valence-corrected chi connectivity index (χ1v) is 9.95. The first-order chi connectivity index (χ1) is 13.5. The molecule has 0 aliphatic carbocycles. The number of hydrogen-bond donors (Lipinski definition) is 1. The molecule has 28 heavy (non-hydrogen) atoms. The summed E-state index contributed by atoms with van der Waals surface area (Å²) in [6.07, 6.45) is 2.73. The Kier molecular flexibility index (Phi) is 6.34. The molecule has 2 amide bonds. The summed E-state index contributed by atoms with van der Waals surface area (Å²) in [6.45, 7) is 8.08. The largest absolute Gasteiger partial charge is 0.372 e. The minimum atomic E-state index is -0.0913. The molecule has 0 atom stereocenters. The molecule has 1 fully saturated rings. The second kappa shape index (κ2) is 8.91. The van der Waals surface area contributed by atoms with E-state index in [1.807, 2.05) is 44.2 Å². The van der Waals surface area contributed by atoms with Gasteiger partial charge in [0, 0.05) is 50.0 Å². The van der Waals surface area contributed by atoms with Crippen LogP contribution in [-0.4, -0.2) is 31.4 Å². The van der Waals surface area contributed by atoms with Crippen molar-refractivity contribution in [3.63, 3.8) is 0 Å². The van der Waals surface area contributed by atoms with E-state index in [-0.39, 0.29) is 18.2 Å². The van der Waals surface area contributed by atoms with E-state index in [9.17, 15) is 9.59 Å². The molecule has 3 rings (SSSR count). The Labute approximate surface area is 167 Å². The average Bonchev–Trinajstić information content (AvgIpc) is 3.19. The van der Waals surface area contributed by atoms with Crippen molar-refractivity contribution in [2.45, 2.75) is 40.0 Å². The third-order valence-corrected chi connectivity index (χ3v) is 5.27. The highest BCUT2D eigenvalue weighted by molar-refractivity contribution is 5.95. The molecule has 1 heterocycles. The molecule has 0 saturated carbocycles. The van der Waals surface area contributed by atoms with Gasteiger partial charge in [-0.3, -0.25) is 9.59 Å². The number of nitrogens with zero attached hydrogens (tertiary/aromatic N) is 2. The number of aryl methyl sites for hydroxylation is 2. The van der Waals surface area contributed by atoms with Crippen molar-refractivity contribution in [2.24, 2.45) is 0 Å². The molecule has 2 aromatic rings. The molecule has 0 bridgehead atoms. The quantitative estimate of drug-likeness (QED) is 0.815. The van der Waals surface area contributed by atoms with Crippen molar-refractivity contribution in [3.05, 3.63) is 53.6 Å². The van der Waals surface area contributed by atoms with Crippen LogP contribution in [0.4, 0.5) is 17.1 Å². The Morgan fingerprint density at radius 3 is 2.18 bits per heavy atom. The Balaban J connectivity index is 1.60. The van der Waals surface area contributed by atoms with Crippen molar-refractivity contribution in [1.82, 2.24) is 0 Å². The number of carbonyl (C=O) groups is 2. The van der Waals surface area contributed by atoms with Crippen LogP contribution in [0.3, 0.4) is 0 Å². The molecule has 0 aromatic heterocycles. The van der Waals surface area contributed by atoms with Crippen molar-refractivity contribution in [1.29, 1.82) is 0 Å². The molecule has 1 aliphatic heterocycles. The predicted octanol–water partition coefficient (Wildman–Crippen LogP) is 4.29. The summed E-state index contributed by atoms with van der Waals surface area (Å²) >= 11 is 0. The van der Waals surface area contributed by atoms with Crippen LogP contribution in [0.2, 0.25) is 0 Å². The van der Waals surface area contributed by atoms with Crippen LogP contribution in [-0.2, 0) is 9.59 Å². The van der Waals surface area contributed by atoms with Crippen LogP contribution in [0.15, 0.2) is 42.5 Å². The van der Waals surface area contributed by atoms with Gasteiger partial charge in [-0.25, -0.2) is 0 Å². The molecule has 5 nitrogen and oxygen atoms in total. The number of hydrogen-bond acceptors (Lipinski definition) is 3. The lowest BCUT2D eigenvalue weighted by Gasteiger charge is -2.25. The standard InChI is InChI=1S/C23H29N3O2/c1-17-7-6-8-18(2)23(17)26(19(3)27)16-13-22(28)24-20-9-11-21(12-10-20)25-14-4-5-15-25/h6-12H,4-5,13-16H2,1-3H3,(H,24,28). The fourth-order valence-corrected chi connectivity index (χ4v) is 3.83. The number of para-hydroxylation sites is 1. The molecule has 1 saturated heterocycles. The monoisotopic (exact) mass is 379 g/mol. The van der Waals surface area contributed by atoms with E-state index in [1.54, 1.807) is 11.8 Å². The van der Waals surface area contributed by atoms with Crippen LogP contribution in [0.25, 0.3) is 0 Å². The Hall–Kier alpha value is -2.82. The van der Waals surface area contributed by atoms with E-state index in [2.05, 4.69) is 22.3 Å². The van der Waals surface area contributed by atoms with Gasteiger partial charge in [0.1, 0.15) is 0 Å². The Morgan fingerprint density at radius 1 is 1.00 bits per heavy atom. The van der Waals surface area contributed by atoms with E-state index in [4.69, 9.17) is 0 Å². The number of amides is 2. The molecule has 2 aromatic carbocycles. The third-order valence-electron chi connectivity index (χ3n) is 5.27. The van der Waals surface area contributed by atoms with Crippen LogP contribution in [0.1, 0.15) is 37.3 Å². The lowest BCUT2D eigenvalue weighted by molar-refractivity contribution is -0.117.